The van der Waals surface area contributed by atoms with Gasteiger partial charge >= 0.3 is 0 Å². The predicted molar refractivity (Wildman–Crippen MR) is 62.6 cm³/mol. The zero-order valence-electron chi connectivity index (χ0n) is 9.99. The van der Waals surface area contributed by atoms with Crippen molar-refractivity contribution in [2.75, 3.05) is 19.6 Å². The Morgan fingerprint density at radius 2 is 2.27 bits per heavy atom. The molecule has 0 aromatic heterocycles. The number of rotatable bonds is 4. The first-order valence-electron chi connectivity index (χ1n) is 5.70. The van der Waals surface area contributed by atoms with Crippen molar-refractivity contribution in [3.05, 3.63) is 12.7 Å². The van der Waals surface area contributed by atoms with E-state index in [0.717, 1.165) is 13.1 Å². The van der Waals surface area contributed by atoms with Gasteiger partial charge in [0.1, 0.15) is 0 Å². The summed E-state index contributed by atoms with van der Waals surface area (Å²) >= 11 is 0. The van der Waals surface area contributed by atoms with Gasteiger partial charge < -0.3 is 10.2 Å². The number of nitrogens with one attached hydrogen (secondary N) is 1. The summed E-state index contributed by atoms with van der Waals surface area (Å²) in [5.74, 6) is 0.860. The highest BCUT2D eigenvalue weighted by Crippen LogP contribution is 2.19. The maximum Gasteiger partial charge on any atom is 0.227 e. The third kappa shape index (κ3) is 2.81. The highest BCUT2D eigenvalue weighted by molar-refractivity contribution is 5.80. The van der Waals surface area contributed by atoms with E-state index in [1.807, 2.05) is 4.90 Å². The Morgan fingerprint density at radius 1 is 1.60 bits per heavy atom. The zero-order chi connectivity index (χ0) is 11.4. The van der Waals surface area contributed by atoms with Gasteiger partial charge in [0.25, 0.3) is 0 Å². The Bertz CT molecular complexity index is 238. The van der Waals surface area contributed by atoms with E-state index < -0.39 is 0 Å². The van der Waals surface area contributed by atoms with Crippen molar-refractivity contribution in [2.24, 2.45) is 11.8 Å². The molecule has 1 aliphatic heterocycles. The van der Waals surface area contributed by atoms with E-state index >= 15 is 0 Å². The van der Waals surface area contributed by atoms with Crippen LogP contribution < -0.4 is 5.32 Å². The van der Waals surface area contributed by atoms with Crippen LogP contribution in [0.2, 0.25) is 0 Å². The molecule has 0 bridgehead atoms. The van der Waals surface area contributed by atoms with Crippen molar-refractivity contribution in [1.82, 2.24) is 10.2 Å². The van der Waals surface area contributed by atoms with Crippen molar-refractivity contribution < 1.29 is 4.79 Å². The van der Waals surface area contributed by atoms with Gasteiger partial charge in [-0.1, -0.05) is 13.0 Å². The molecule has 0 aromatic rings. The molecule has 0 aliphatic carbocycles. The minimum absolute atomic E-state index is 0.146. The molecular weight excluding hydrogens is 188 g/mol. The van der Waals surface area contributed by atoms with E-state index in [9.17, 15) is 4.79 Å². The second-order valence-electron chi connectivity index (χ2n) is 4.62. The molecule has 86 valence electrons. The number of hydrogen-bond donors (Lipinski definition) is 1. The Morgan fingerprint density at radius 3 is 2.67 bits per heavy atom. The van der Waals surface area contributed by atoms with Crippen molar-refractivity contribution >= 4 is 5.91 Å². The Labute approximate surface area is 92.5 Å². The van der Waals surface area contributed by atoms with Gasteiger partial charge in [0.05, 0.1) is 5.92 Å². The molecule has 2 unspecified atom stereocenters. The average Bonchev–Trinajstić information content (AvgIpc) is 2.59. The van der Waals surface area contributed by atoms with Gasteiger partial charge in [0.15, 0.2) is 0 Å². The average molecular weight is 210 g/mol. The Kier molecular flexibility index (Phi) is 4.33. The van der Waals surface area contributed by atoms with E-state index in [2.05, 4.69) is 32.7 Å². The van der Waals surface area contributed by atoms with E-state index in [1.165, 1.54) is 0 Å². The largest absolute Gasteiger partial charge is 0.336 e. The number of amides is 1. The van der Waals surface area contributed by atoms with Gasteiger partial charge in [-0.3, -0.25) is 4.79 Å². The summed E-state index contributed by atoms with van der Waals surface area (Å²) in [5, 5.41) is 3.27. The Hall–Kier alpha value is -0.830. The van der Waals surface area contributed by atoms with Crippen LogP contribution in [0.3, 0.4) is 0 Å². The summed E-state index contributed by atoms with van der Waals surface area (Å²) in [5.41, 5.74) is 0. The highest BCUT2D eigenvalue weighted by Gasteiger charge is 2.33. The maximum atomic E-state index is 12.2. The van der Waals surface area contributed by atoms with Crippen LogP contribution in [0.4, 0.5) is 0 Å². The molecule has 1 amide bonds. The number of nitrogens with zero attached hydrogens (tertiary/aromatic N) is 1. The summed E-state index contributed by atoms with van der Waals surface area (Å²) in [7, 11) is 0. The fourth-order valence-corrected chi connectivity index (χ4v) is 2.05. The zero-order valence-corrected chi connectivity index (χ0v) is 9.99. The first kappa shape index (κ1) is 12.2. The summed E-state index contributed by atoms with van der Waals surface area (Å²) in [6, 6.07) is 0.253. The summed E-state index contributed by atoms with van der Waals surface area (Å²) in [6.45, 7) is 12.4. The first-order valence-corrected chi connectivity index (χ1v) is 5.70. The van der Waals surface area contributed by atoms with E-state index in [0.29, 0.717) is 12.5 Å². The van der Waals surface area contributed by atoms with Gasteiger partial charge in [0, 0.05) is 19.1 Å². The lowest BCUT2D eigenvalue weighted by atomic mass is 9.96. The second kappa shape index (κ2) is 5.31. The first-order chi connectivity index (χ1) is 7.07. The molecule has 3 nitrogen and oxygen atoms in total. The van der Waals surface area contributed by atoms with Crippen LogP contribution in [0.1, 0.15) is 20.8 Å². The van der Waals surface area contributed by atoms with Crippen LogP contribution in [0.5, 0.6) is 0 Å². The molecule has 1 fully saturated rings. The van der Waals surface area contributed by atoms with E-state index in [-0.39, 0.29) is 17.9 Å². The lowest BCUT2D eigenvalue weighted by Crippen LogP contribution is -2.42. The van der Waals surface area contributed by atoms with E-state index in [4.69, 9.17) is 0 Å². The molecule has 1 rings (SSSR count). The molecule has 2 atom stereocenters. The van der Waals surface area contributed by atoms with Gasteiger partial charge in [-0.15, -0.1) is 6.58 Å². The van der Waals surface area contributed by atoms with Crippen molar-refractivity contribution in [3.8, 4) is 0 Å². The second-order valence-corrected chi connectivity index (χ2v) is 4.62. The molecule has 0 saturated carbocycles. The predicted octanol–water partition coefficient (Wildman–Crippen LogP) is 1.26. The third-order valence-electron chi connectivity index (χ3n) is 3.07. The highest BCUT2D eigenvalue weighted by atomic mass is 16.2. The van der Waals surface area contributed by atoms with Gasteiger partial charge in [0.2, 0.25) is 5.91 Å². The van der Waals surface area contributed by atoms with Gasteiger partial charge in [-0.05, 0) is 26.3 Å². The molecule has 1 aliphatic rings. The monoisotopic (exact) mass is 210 g/mol. The van der Waals surface area contributed by atoms with Crippen LogP contribution in [0.25, 0.3) is 0 Å². The number of carbonyl (C=O) groups is 1. The van der Waals surface area contributed by atoms with Crippen LogP contribution in [0, 0.1) is 11.8 Å². The molecule has 0 radical (unpaired) electrons. The molecule has 1 heterocycles. The quantitative estimate of drug-likeness (QED) is 0.709. The van der Waals surface area contributed by atoms with Crippen molar-refractivity contribution in [1.29, 1.82) is 0 Å². The standard InChI is InChI=1S/C12H22N2O/c1-5-6-14(9(2)3)12(15)11-8-13-7-10(11)4/h5,9-11,13H,1,6-8H2,2-4H3. The smallest absolute Gasteiger partial charge is 0.227 e. The summed E-state index contributed by atoms with van der Waals surface area (Å²) in [4.78, 5) is 14.1. The maximum absolute atomic E-state index is 12.2. The topological polar surface area (TPSA) is 32.3 Å². The Balaban J connectivity index is 2.66. The van der Waals surface area contributed by atoms with Crippen molar-refractivity contribution in [3.63, 3.8) is 0 Å². The van der Waals surface area contributed by atoms with Gasteiger partial charge in [-0.25, -0.2) is 0 Å². The van der Waals surface area contributed by atoms with Crippen LogP contribution in [-0.4, -0.2) is 36.5 Å². The molecule has 1 N–H and O–H groups in total. The van der Waals surface area contributed by atoms with Crippen LogP contribution in [-0.2, 0) is 4.79 Å². The van der Waals surface area contributed by atoms with Crippen LogP contribution >= 0.6 is 0 Å². The van der Waals surface area contributed by atoms with E-state index in [1.54, 1.807) is 6.08 Å². The molecule has 3 heteroatoms. The minimum Gasteiger partial charge on any atom is -0.336 e. The SMILES string of the molecule is C=CCN(C(=O)C1CNCC1C)C(C)C. The molecule has 0 aromatic carbocycles. The molecule has 15 heavy (non-hydrogen) atoms. The molecule has 1 saturated heterocycles. The lowest BCUT2D eigenvalue weighted by molar-refractivity contribution is -0.137. The third-order valence-corrected chi connectivity index (χ3v) is 3.07. The fraction of sp³-hybridized carbons (Fsp3) is 0.750. The lowest BCUT2D eigenvalue weighted by Gasteiger charge is -2.29. The number of hydrogen-bond acceptors (Lipinski definition) is 2. The summed E-state index contributed by atoms with van der Waals surface area (Å²) < 4.78 is 0. The number of carbonyl (C=O) groups excluding carboxylic acids is 1. The van der Waals surface area contributed by atoms with Crippen molar-refractivity contribution in [2.45, 2.75) is 26.8 Å². The van der Waals surface area contributed by atoms with Crippen LogP contribution in [0.15, 0.2) is 12.7 Å². The molecule has 0 spiro atoms. The fourth-order valence-electron chi connectivity index (χ4n) is 2.05. The summed E-state index contributed by atoms with van der Waals surface area (Å²) in [6.07, 6.45) is 1.80. The molecular formula is C12H22N2O. The normalized spacial score (nSPS) is 25.6. The minimum atomic E-state index is 0.146. The van der Waals surface area contributed by atoms with Gasteiger partial charge in [-0.2, -0.15) is 0 Å².